The molecule has 0 bridgehead atoms. The van der Waals surface area contributed by atoms with E-state index < -0.39 is 0 Å². The molecule has 1 heterocycles. The van der Waals surface area contributed by atoms with Crippen molar-refractivity contribution in [3.8, 4) is 0 Å². The van der Waals surface area contributed by atoms with Crippen molar-refractivity contribution in [3.05, 3.63) is 48.0 Å². The number of carbonyl (C=O) groups is 2. The first-order valence-electron chi connectivity index (χ1n) is 7.97. The molecule has 2 aromatic carbocycles. The van der Waals surface area contributed by atoms with Gasteiger partial charge in [0.1, 0.15) is 0 Å². The first-order chi connectivity index (χ1) is 11.2. The van der Waals surface area contributed by atoms with E-state index in [1.807, 2.05) is 36.4 Å². The van der Waals surface area contributed by atoms with Crippen molar-refractivity contribution in [2.75, 3.05) is 26.2 Å². The van der Waals surface area contributed by atoms with Gasteiger partial charge in [-0.3, -0.25) is 9.59 Å². The Morgan fingerprint density at radius 2 is 1.83 bits per heavy atom. The number of nitrogens with one attached hydrogen (secondary N) is 3. The lowest BCUT2D eigenvalue weighted by molar-refractivity contribution is -0.121. The Kier molecular flexibility index (Phi) is 4.88. The minimum absolute atomic E-state index is 0.0179. The third-order valence-corrected chi connectivity index (χ3v) is 4.10. The van der Waals surface area contributed by atoms with E-state index in [1.54, 1.807) is 6.07 Å². The van der Waals surface area contributed by atoms with E-state index in [1.165, 1.54) is 0 Å². The zero-order valence-corrected chi connectivity index (χ0v) is 13.0. The minimum Gasteiger partial charge on any atom is -0.356 e. The molecule has 1 fully saturated rings. The van der Waals surface area contributed by atoms with Crippen LogP contribution in [0.5, 0.6) is 0 Å². The predicted molar refractivity (Wildman–Crippen MR) is 90.3 cm³/mol. The second-order valence-corrected chi connectivity index (χ2v) is 5.90. The van der Waals surface area contributed by atoms with Crippen molar-refractivity contribution < 1.29 is 9.59 Å². The van der Waals surface area contributed by atoms with Crippen molar-refractivity contribution in [1.29, 1.82) is 0 Å². The number of hydrogen-bond donors (Lipinski definition) is 3. The summed E-state index contributed by atoms with van der Waals surface area (Å²) < 4.78 is 0. The molecule has 1 aliphatic heterocycles. The SMILES string of the molecule is O=C(CCNC(=O)c1ccc2ccccc2c1)NCC1CNC1. The van der Waals surface area contributed by atoms with Gasteiger partial charge in [0.05, 0.1) is 0 Å². The third kappa shape index (κ3) is 4.07. The Bertz CT molecular complexity index is 710. The van der Waals surface area contributed by atoms with Gasteiger partial charge in [-0.2, -0.15) is 0 Å². The molecule has 3 N–H and O–H groups in total. The number of hydrogen-bond acceptors (Lipinski definition) is 3. The lowest BCUT2D eigenvalue weighted by Crippen LogP contribution is -2.48. The Hall–Kier alpha value is -2.40. The molecule has 1 aliphatic rings. The fourth-order valence-corrected chi connectivity index (χ4v) is 2.56. The summed E-state index contributed by atoms with van der Waals surface area (Å²) in [5, 5.41) is 11.0. The Balaban J connectivity index is 1.45. The van der Waals surface area contributed by atoms with E-state index in [9.17, 15) is 9.59 Å². The molecule has 5 nitrogen and oxygen atoms in total. The van der Waals surface area contributed by atoms with E-state index in [0.717, 1.165) is 23.9 Å². The standard InChI is InChI=1S/C18H21N3O2/c22-17(21-12-13-10-19-11-13)7-8-20-18(23)16-6-5-14-3-1-2-4-15(14)9-16/h1-6,9,13,19H,7-8,10-12H2,(H,20,23)(H,21,22). The monoisotopic (exact) mass is 311 g/mol. The average Bonchev–Trinajstić information content (AvgIpc) is 2.53. The lowest BCUT2D eigenvalue weighted by atomic mass is 10.0. The van der Waals surface area contributed by atoms with Crippen molar-refractivity contribution >= 4 is 22.6 Å². The summed E-state index contributed by atoms with van der Waals surface area (Å²) in [5.41, 5.74) is 0.615. The van der Waals surface area contributed by atoms with Crippen LogP contribution in [0.4, 0.5) is 0 Å². The highest BCUT2D eigenvalue weighted by molar-refractivity contribution is 5.98. The van der Waals surface area contributed by atoms with Crippen molar-refractivity contribution in [2.24, 2.45) is 5.92 Å². The van der Waals surface area contributed by atoms with Gasteiger partial charge in [-0.1, -0.05) is 30.3 Å². The number of carbonyl (C=O) groups excluding carboxylic acids is 2. The van der Waals surface area contributed by atoms with Crippen molar-refractivity contribution in [2.45, 2.75) is 6.42 Å². The van der Waals surface area contributed by atoms with Crippen LogP contribution in [0, 0.1) is 5.92 Å². The second-order valence-electron chi connectivity index (χ2n) is 5.90. The number of fused-ring (bicyclic) bond motifs is 1. The van der Waals surface area contributed by atoms with E-state index >= 15 is 0 Å². The van der Waals surface area contributed by atoms with Gasteiger partial charge in [-0.05, 0) is 22.9 Å². The molecule has 0 spiro atoms. The maximum absolute atomic E-state index is 12.1. The molecule has 0 aliphatic carbocycles. The molecule has 23 heavy (non-hydrogen) atoms. The highest BCUT2D eigenvalue weighted by Crippen LogP contribution is 2.15. The average molecular weight is 311 g/mol. The summed E-state index contributed by atoms with van der Waals surface area (Å²) >= 11 is 0. The maximum Gasteiger partial charge on any atom is 0.251 e. The predicted octanol–water partition coefficient (Wildman–Crippen LogP) is 1.30. The minimum atomic E-state index is -0.147. The van der Waals surface area contributed by atoms with Crippen LogP contribution in [0.3, 0.4) is 0 Å². The molecule has 1 saturated heterocycles. The molecule has 120 valence electrons. The molecule has 0 radical (unpaired) electrons. The Morgan fingerprint density at radius 1 is 1.04 bits per heavy atom. The van der Waals surface area contributed by atoms with Gasteiger partial charge in [0.2, 0.25) is 5.91 Å². The van der Waals surface area contributed by atoms with Gasteiger partial charge in [0.15, 0.2) is 0 Å². The van der Waals surface area contributed by atoms with E-state index in [0.29, 0.717) is 31.0 Å². The molecule has 0 atom stereocenters. The fraction of sp³-hybridized carbons (Fsp3) is 0.333. The van der Waals surface area contributed by atoms with Gasteiger partial charge in [-0.15, -0.1) is 0 Å². The first-order valence-corrected chi connectivity index (χ1v) is 7.97. The molecular formula is C18H21N3O2. The summed E-state index contributed by atoms with van der Waals surface area (Å²) in [5.74, 6) is 0.383. The van der Waals surface area contributed by atoms with Gasteiger partial charge in [-0.25, -0.2) is 0 Å². The fourth-order valence-electron chi connectivity index (χ4n) is 2.56. The second kappa shape index (κ2) is 7.24. The Labute approximate surface area is 135 Å². The van der Waals surface area contributed by atoms with Gasteiger partial charge in [0.25, 0.3) is 5.91 Å². The van der Waals surface area contributed by atoms with Crippen molar-refractivity contribution in [3.63, 3.8) is 0 Å². The van der Waals surface area contributed by atoms with Crippen molar-refractivity contribution in [1.82, 2.24) is 16.0 Å². The van der Waals surface area contributed by atoms with Crippen LogP contribution in [0.1, 0.15) is 16.8 Å². The van der Waals surface area contributed by atoms with Crippen LogP contribution in [0.25, 0.3) is 10.8 Å². The molecule has 0 unspecified atom stereocenters. The van der Waals surface area contributed by atoms with Gasteiger partial charge < -0.3 is 16.0 Å². The molecule has 0 saturated carbocycles. The molecule has 2 amide bonds. The van der Waals surface area contributed by atoms with E-state index in [4.69, 9.17) is 0 Å². The molecule has 0 aromatic heterocycles. The maximum atomic E-state index is 12.1. The largest absolute Gasteiger partial charge is 0.356 e. The molecule has 5 heteroatoms. The lowest BCUT2D eigenvalue weighted by Gasteiger charge is -2.27. The summed E-state index contributed by atoms with van der Waals surface area (Å²) in [7, 11) is 0. The highest BCUT2D eigenvalue weighted by Gasteiger charge is 2.17. The third-order valence-electron chi connectivity index (χ3n) is 4.10. The molecule has 3 rings (SSSR count). The summed E-state index contributed by atoms with van der Waals surface area (Å²) in [4.78, 5) is 23.8. The van der Waals surface area contributed by atoms with Gasteiger partial charge >= 0.3 is 0 Å². The normalized spacial score (nSPS) is 14.3. The summed E-state index contributed by atoms with van der Waals surface area (Å²) in [6.07, 6.45) is 0.305. The van der Waals surface area contributed by atoms with Crippen LogP contribution < -0.4 is 16.0 Å². The summed E-state index contributed by atoms with van der Waals surface area (Å²) in [6.45, 7) is 3.00. The van der Waals surface area contributed by atoms with E-state index in [2.05, 4.69) is 16.0 Å². The topological polar surface area (TPSA) is 70.2 Å². The first kappa shape index (κ1) is 15.5. The van der Waals surface area contributed by atoms with Crippen LogP contribution in [0.2, 0.25) is 0 Å². The zero-order chi connectivity index (χ0) is 16.1. The van der Waals surface area contributed by atoms with E-state index in [-0.39, 0.29) is 11.8 Å². The Morgan fingerprint density at radius 3 is 2.57 bits per heavy atom. The van der Waals surface area contributed by atoms with Gasteiger partial charge in [0, 0.05) is 44.1 Å². The van der Waals surface area contributed by atoms with Crippen LogP contribution >= 0.6 is 0 Å². The summed E-state index contributed by atoms with van der Waals surface area (Å²) in [6, 6.07) is 13.5. The van der Waals surface area contributed by atoms with Crippen LogP contribution in [0.15, 0.2) is 42.5 Å². The molecule has 2 aromatic rings. The number of rotatable bonds is 6. The quantitative estimate of drug-likeness (QED) is 0.753. The van der Waals surface area contributed by atoms with Crippen LogP contribution in [-0.4, -0.2) is 38.0 Å². The smallest absolute Gasteiger partial charge is 0.251 e. The number of amides is 2. The van der Waals surface area contributed by atoms with Crippen LogP contribution in [-0.2, 0) is 4.79 Å². The molecular weight excluding hydrogens is 290 g/mol. The zero-order valence-electron chi connectivity index (χ0n) is 13.0. The highest BCUT2D eigenvalue weighted by atomic mass is 16.2. The number of benzene rings is 2.